The summed E-state index contributed by atoms with van der Waals surface area (Å²) in [7, 11) is 0. The number of fused-ring (bicyclic) bond motifs is 2. The van der Waals surface area contributed by atoms with Crippen LogP contribution in [0, 0.1) is 0 Å². The normalized spacial score (nSPS) is 17.4. The van der Waals surface area contributed by atoms with Crippen LogP contribution in [0.5, 0.6) is 0 Å². The van der Waals surface area contributed by atoms with Crippen LogP contribution < -0.4 is 10.2 Å². The van der Waals surface area contributed by atoms with Gasteiger partial charge in [-0.2, -0.15) is 13.2 Å². The van der Waals surface area contributed by atoms with Crippen molar-refractivity contribution in [3.63, 3.8) is 0 Å². The quantitative estimate of drug-likeness (QED) is 0.581. The lowest BCUT2D eigenvalue weighted by Crippen LogP contribution is -2.38. The smallest absolute Gasteiger partial charge is 0.475 e. The Morgan fingerprint density at radius 1 is 1.12 bits per heavy atom. The second-order valence-electron chi connectivity index (χ2n) is 8.30. The first-order valence-electron chi connectivity index (χ1n) is 11.1. The molecule has 180 valence electrons. The monoisotopic (exact) mass is 473 g/mol. The summed E-state index contributed by atoms with van der Waals surface area (Å²) in [6.45, 7) is 5.25. The Bertz CT molecular complexity index is 1150. The van der Waals surface area contributed by atoms with Gasteiger partial charge in [-0.15, -0.1) is 0 Å². The molecule has 6 nitrogen and oxygen atoms in total. The topological polar surface area (TPSA) is 74.7 Å². The third-order valence-electron chi connectivity index (χ3n) is 6.00. The molecule has 5 rings (SSSR count). The number of hydrogen-bond acceptors (Lipinski definition) is 5. The van der Waals surface area contributed by atoms with Gasteiger partial charge in [-0.25, -0.2) is 9.78 Å². The van der Waals surface area contributed by atoms with Gasteiger partial charge in [0.1, 0.15) is 5.82 Å². The van der Waals surface area contributed by atoms with E-state index in [1.165, 1.54) is 28.5 Å². The molecule has 2 aliphatic rings. The second kappa shape index (κ2) is 10.4. The number of anilines is 1. The highest BCUT2D eigenvalue weighted by molar-refractivity contribution is 5.81. The molecule has 2 aromatic carbocycles. The van der Waals surface area contributed by atoms with Gasteiger partial charge < -0.3 is 20.1 Å². The highest BCUT2D eigenvalue weighted by Gasteiger charge is 2.38. The molecule has 3 aromatic rings. The maximum atomic E-state index is 10.6. The molecule has 1 aliphatic heterocycles. The number of nitrogens with one attached hydrogen (secondary N) is 1. The third-order valence-corrected chi connectivity index (χ3v) is 6.00. The molecule has 1 unspecified atom stereocenters. The number of nitrogens with zero attached hydrogens (tertiary/aromatic N) is 2. The fraction of sp³-hybridized carbons (Fsp3) is 0.360. The van der Waals surface area contributed by atoms with Crippen molar-refractivity contribution in [3.05, 3.63) is 71.3 Å². The number of carbonyl (C=O) groups is 1. The number of pyridine rings is 1. The van der Waals surface area contributed by atoms with Crippen LogP contribution in [0.3, 0.4) is 0 Å². The van der Waals surface area contributed by atoms with Gasteiger partial charge in [0, 0.05) is 43.0 Å². The van der Waals surface area contributed by atoms with E-state index in [0.717, 1.165) is 50.7 Å². The van der Waals surface area contributed by atoms with Crippen molar-refractivity contribution < 1.29 is 27.8 Å². The number of para-hydroxylation sites is 1. The molecule has 1 aliphatic carbocycles. The predicted octanol–water partition coefficient (Wildman–Crippen LogP) is 4.13. The molecule has 2 N–H and O–H groups in total. The second-order valence-corrected chi connectivity index (χ2v) is 8.30. The van der Waals surface area contributed by atoms with Crippen LogP contribution in [-0.4, -0.2) is 55.1 Å². The van der Waals surface area contributed by atoms with E-state index >= 15 is 0 Å². The molecule has 1 saturated heterocycles. The number of rotatable bonds is 5. The summed E-state index contributed by atoms with van der Waals surface area (Å²) in [5.41, 5.74) is 5.36. The fourth-order valence-electron chi connectivity index (χ4n) is 4.25. The van der Waals surface area contributed by atoms with Gasteiger partial charge in [-0.1, -0.05) is 42.5 Å². The molecule has 1 aromatic heterocycles. The molecule has 1 fully saturated rings. The first-order chi connectivity index (χ1) is 16.3. The van der Waals surface area contributed by atoms with Gasteiger partial charge in [0.25, 0.3) is 0 Å². The molecule has 0 saturated carbocycles. The highest BCUT2D eigenvalue weighted by Crippen LogP contribution is 2.34. The summed E-state index contributed by atoms with van der Waals surface area (Å²) in [6, 6.07) is 19.5. The van der Waals surface area contributed by atoms with Crippen molar-refractivity contribution >= 4 is 22.7 Å². The van der Waals surface area contributed by atoms with Crippen LogP contribution >= 0.6 is 0 Å². The largest absolute Gasteiger partial charge is 0.490 e. The van der Waals surface area contributed by atoms with Gasteiger partial charge in [-0.3, -0.25) is 0 Å². The van der Waals surface area contributed by atoms with E-state index in [1.807, 2.05) is 0 Å². The summed E-state index contributed by atoms with van der Waals surface area (Å²) >= 11 is 0. The van der Waals surface area contributed by atoms with Crippen LogP contribution in [-0.2, 0) is 22.5 Å². The van der Waals surface area contributed by atoms with Crippen molar-refractivity contribution in [1.82, 2.24) is 10.3 Å². The number of morpholine rings is 1. The molecule has 0 amide bonds. The molecule has 0 radical (unpaired) electrons. The minimum Gasteiger partial charge on any atom is -0.475 e. The molecule has 0 spiro atoms. The summed E-state index contributed by atoms with van der Waals surface area (Å²) in [6.07, 6.45) is -3.89. The van der Waals surface area contributed by atoms with E-state index in [1.54, 1.807) is 0 Å². The average Bonchev–Trinajstić information content (AvgIpc) is 2.82. The first-order valence-corrected chi connectivity index (χ1v) is 11.1. The lowest BCUT2D eigenvalue weighted by molar-refractivity contribution is -0.192. The Morgan fingerprint density at radius 3 is 2.50 bits per heavy atom. The van der Waals surface area contributed by atoms with Gasteiger partial charge in [0.15, 0.2) is 0 Å². The van der Waals surface area contributed by atoms with E-state index in [-0.39, 0.29) is 0 Å². The van der Waals surface area contributed by atoms with Crippen LogP contribution in [0.15, 0.2) is 54.6 Å². The molecular weight excluding hydrogens is 447 g/mol. The van der Waals surface area contributed by atoms with E-state index < -0.39 is 12.1 Å². The predicted molar refractivity (Wildman–Crippen MR) is 123 cm³/mol. The zero-order valence-corrected chi connectivity index (χ0v) is 18.5. The Hall–Kier alpha value is -3.17. The van der Waals surface area contributed by atoms with Crippen LogP contribution in [0.25, 0.3) is 10.9 Å². The zero-order chi connectivity index (χ0) is 24.1. The maximum absolute atomic E-state index is 10.6. The Balaban J connectivity index is 0.000000344. The number of alkyl halides is 3. The van der Waals surface area contributed by atoms with Gasteiger partial charge in [0.05, 0.1) is 18.7 Å². The van der Waals surface area contributed by atoms with Crippen LogP contribution in [0.4, 0.5) is 19.0 Å². The van der Waals surface area contributed by atoms with E-state index in [4.69, 9.17) is 19.6 Å². The first kappa shape index (κ1) is 24.0. The van der Waals surface area contributed by atoms with Crippen molar-refractivity contribution in [3.8, 4) is 0 Å². The highest BCUT2D eigenvalue weighted by atomic mass is 19.4. The summed E-state index contributed by atoms with van der Waals surface area (Å²) < 4.78 is 37.3. The van der Waals surface area contributed by atoms with E-state index in [9.17, 15) is 13.2 Å². The molecule has 2 heterocycles. The Labute approximate surface area is 195 Å². The Kier molecular flexibility index (Phi) is 7.33. The molecule has 34 heavy (non-hydrogen) atoms. The van der Waals surface area contributed by atoms with Gasteiger partial charge in [-0.05, 0) is 29.7 Å². The Morgan fingerprint density at radius 2 is 1.79 bits per heavy atom. The summed E-state index contributed by atoms with van der Waals surface area (Å²) in [5.74, 6) is -1.01. The van der Waals surface area contributed by atoms with E-state index in [2.05, 4.69) is 64.8 Å². The maximum Gasteiger partial charge on any atom is 0.490 e. The summed E-state index contributed by atoms with van der Waals surface area (Å²) in [5, 5.41) is 12.0. The van der Waals surface area contributed by atoms with Crippen molar-refractivity contribution in [2.75, 3.05) is 37.7 Å². The lowest BCUT2D eigenvalue weighted by Gasteiger charge is -2.31. The SMILES string of the molecule is O=C(O)C(F)(F)F.c1ccc2c(c1)CC2CNCc1cc2ccccc2nc1N1CCOCC1. The fourth-order valence-corrected chi connectivity index (χ4v) is 4.25. The number of hydrogen-bond donors (Lipinski definition) is 2. The minimum absolute atomic E-state index is 0.640. The van der Waals surface area contributed by atoms with Crippen LogP contribution in [0.1, 0.15) is 22.6 Å². The number of aliphatic carboxylic acids is 1. The van der Waals surface area contributed by atoms with Gasteiger partial charge >= 0.3 is 12.1 Å². The molecule has 0 bridgehead atoms. The lowest BCUT2D eigenvalue weighted by atomic mass is 9.77. The average molecular weight is 473 g/mol. The number of carboxylic acid groups (broad SMARTS) is 1. The van der Waals surface area contributed by atoms with Crippen molar-refractivity contribution in [2.24, 2.45) is 0 Å². The van der Waals surface area contributed by atoms with Crippen molar-refractivity contribution in [1.29, 1.82) is 0 Å². The molecular formula is C25H26F3N3O3. The third kappa shape index (κ3) is 5.66. The van der Waals surface area contributed by atoms with Crippen molar-refractivity contribution in [2.45, 2.75) is 25.1 Å². The minimum atomic E-state index is -5.08. The standard InChI is InChI=1S/C23H25N3O.C2HF3O2/c1-3-7-21-17(5-1)13-19(21)15-24-16-20-14-18-6-2-4-8-22(18)25-23(20)26-9-11-27-12-10-26;3-2(4,5)1(6)7/h1-8,14,19,24H,9-13,15-16H2;(H,6,7). The number of ether oxygens (including phenoxy) is 1. The number of carboxylic acids is 1. The number of benzene rings is 2. The number of aromatic nitrogens is 1. The van der Waals surface area contributed by atoms with Crippen LogP contribution in [0.2, 0.25) is 0 Å². The molecule has 9 heteroatoms. The van der Waals surface area contributed by atoms with E-state index in [0.29, 0.717) is 5.92 Å². The zero-order valence-electron chi connectivity index (χ0n) is 18.5. The summed E-state index contributed by atoms with van der Waals surface area (Å²) in [4.78, 5) is 16.3. The number of halogens is 3. The van der Waals surface area contributed by atoms with Gasteiger partial charge in [0.2, 0.25) is 0 Å². The molecule has 1 atom stereocenters.